The first-order chi connectivity index (χ1) is 4.54. The van der Waals surface area contributed by atoms with Crippen LogP contribution in [0.3, 0.4) is 0 Å². The van der Waals surface area contributed by atoms with Crippen molar-refractivity contribution in [2.24, 2.45) is 0 Å². The van der Waals surface area contributed by atoms with Gasteiger partial charge in [0, 0.05) is 0 Å². The fraction of sp³-hybridized carbons (Fsp3) is 1.00. The first kappa shape index (κ1) is 23.0. The lowest BCUT2D eigenvalue weighted by molar-refractivity contribution is 0.434. The van der Waals surface area contributed by atoms with Crippen LogP contribution in [0.5, 0.6) is 0 Å². The van der Waals surface area contributed by atoms with Gasteiger partial charge in [-0.3, -0.25) is 0 Å². The highest BCUT2D eigenvalue weighted by atomic mass is 79.9. The van der Waals surface area contributed by atoms with Crippen LogP contribution in [0.25, 0.3) is 0 Å². The number of hydrogen-bond acceptors (Lipinski definition) is 2. The van der Waals surface area contributed by atoms with E-state index in [1.165, 1.54) is 0 Å². The Balaban J connectivity index is -0.0000000457. The Hall–Kier alpha value is 0.690. The summed E-state index contributed by atoms with van der Waals surface area (Å²) in [5.74, 6) is 0. The molecule has 12 heavy (non-hydrogen) atoms. The first-order valence-corrected chi connectivity index (χ1v) is 3.84. The van der Waals surface area contributed by atoms with E-state index in [4.69, 9.17) is 0 Å². The van der Waals surface area contributed by atoms with Crippen molar-refractivity contribution >= 4 is 29.4 Å². The van der Waals surface area contributed by atoms with Crippen LogP contribution in [0.1, 0.15) is 13.8 Å². The highest BCUT2D eigenvalue weighted by Crippen LogP contribution is 1.64. The third kappa shape index (κ3) is 45.6. The fourth-order valence-corrected chi connectivity index (χ4v) is 0. The van der Waals surface area contributed by atoms with E-state index in [2.05, 4.69) is 51.8 Å². The SMILES string of the molecule is Br.CCN(C)C.CCN(C)C.Cl. The fourth-order valence-electron chi connectivity index (χ4n) is 0. The maximum Gasteiger partial charge on any atom is -0.00533 e. The molecule has 0 aromatic carbocycles. The van der Waals surface area contributed by atoms with E-state index >= 15 is 0 Å². The number of rotatable bonds is 2. The second-order valence-electron chi connectivity index (χ2n) is 2.79. The molecular formula is C8H24BrClN2. The van der Waals surface area contributed by atoms with Crippen LogP contribution in [-0.4, -0.2) is 51.1 Å². The highest BCUT2D eigenvalue weighted by Gasteiger charge is 1.72. The Bertz CT molecular complexity index is 53.0. The third-order valence-electron chi connectivity index (χ3n) is 1.26. The van der Waals surface area contributed by atoms with Crippen molar-refractivity contribution < 1.29 is 0 Å². The zero-order valence-electron chi connectivity index (χ0n) is 9.13. The molecule has 0 aromatic heterocycles. The molecule has 2 nitrogen and oxygen atoms in total. The lowest BCUT2D eigenvalue weighted by atomic mass is 10.7. The lowest BCUT2D eigenvalue weighted by Gasteiger charge is -2.00. The Morgan fingerprint density at radius 3 is 0.833 bits per heavy atom. The molecule has 0 spiro atoms. The quantitative estimate of drug-likeness (QED) is 0.753. The molecule has 0 aliphatic carbocycles. The van der Waals surface area contributed by atoms with Gasteiger partial charge < -0.3 is 9.80 Å². The molecule has 0 amide bonds. The second-order valence-corrected chi connectivity index (χ2v) is 2.79. The van der Waals surface area contributed by atoms with Gasteiger partial charge in [0.15, 0.2) is 0 Å². The van der Waals surface area contributed by atoms with Crippen molar-refractivity contribution in [2.45, 2.75) is 13.8 Å². The third-order valence-corrected chi connectivity index (χ3v) is 1.26. The monoisotopic (exact) mass is 262 g/mol. The summed E-state index contributed by atoms with van der Waals surface area (Å²) in [6.07, 6.45) is 0. The molecule has 4 heteroatoms. The predicted octanol–water partition coefficient (Wildman–Crippen LogP) is 2.14. The van der Waals surface area contributed by atoms with Crippen molar-refractivity contribution in [1.82, 2.24) is 9.80 Å². The topological polar surface area (TPSA) is 6.48 Å². The van der Waals surface area contributed by atoms with Gasteiger partial charge in [-0.1, -0.05) is 13.8 Å². The van der Waals surface area contributed by atoms with Gasteiger partial charge in [-0.25, -0.2) is 0 Å². The molecule has 80 valence electrons. The minimum atomic E-state index is 0. The van der Waals surface area contributed by atoms with E-state index in [0.29, 0.717) is 0 Å². The van der Waals surface area contributed by atoms with Gasteiger partial charge in [0.25, 0.3) is 0 Å². The average molecular weight is 264 g/mol. The highest BCUT2D eigenvalue weighted by molar-refractivity contribution is 8.93. The van der Waals surface area contributed by atoms with Crippen molar-refractivity contribution in [2.75, 3.05) is 41.3 Å². The van der Waals surface area contributed by atoms with Crippen LogP contribution < -0.4 is 0 Å². The van der Waals surface area contributed by atoms with E-state index in [-0.39, 0.29) is 29.4 Å². The van der Waals surface area contributed by atoms with Crippen LogP contribution >= 0.6 is 29.4 Å². The van der Waals surface area contributed by atoms with E-state index < -0.39 is 0 Å². The molecular weight excluding hydrogens is 239 g/mol. The summed E-state index contributed by atoms with van der Waals surface area (Å²) in [5, 5.41) is 0. The van der Waals surface area contributed by atoms with Gasteiger partial charge >= 0.3 is 0 Å². The summed E-state index contributed by atoms with van der Waals surface area (Å²) in [5.41, 5.74) is 0. The zero-order valence-corrected chi connectivity index (χ0v) is 11.7. The number of halogens is 2. The van der Waals surface area contributed by atoms with E-state index in [1.807, 2.05) is 0 Å². The van der Waals surface area contributed by atoms with Gasteiger partial charge in [-0.15, -0.1) is 29.4 Å². The van der Waals surface area contributed by atoms with E-state index in [0.717, 1.165) is 13.1 Å². The average Bonchev–Trinajstić information content (AvgIpc) is 1.89. The summed E-state index contributed by atoms with van der Waals surface area (Å²) in [6, 6.07) is 0. The molecule has 0 unspecified atom stereocenters. The second kappa shape index (κ2) is 17.7. The summed E-state index contributed by atoms with van der Waals surface area (Å²) in [6.45, 7) is 6.53. The molecule has 0 saturated carbocycles. The Morgan fingerprint density at radius 1 is 0.750 bits per heavy atom. The smallest absolute Gasteiger partial charge is 0.00533 e. The molecule has 0 radical (unpaired) electrons. The molecule has 0 atom stereocenters. The molecule has 0 heterocycles. The van der Waals surface area contributed by atoms with Crippen molar-refractivity contribution in [3.8, 4) is 0 Å². The Labute approximate surface area is 94.5 Å². The van der Waals surface area contributed by atoms with Crippen molar-refractivity contribution in [1.29, 1.82) is 0 Å². The predicted molar refractivity (Wildman–Crippen MR) is 66.0 cm³/mol. The molecule has 0 fully saturated rings. The standard InChI is InChI=1S/2C4H11N.BrH.ClH/c2*1-4-5(2)3;;/h2*4H2,1-3H3;2*1H. The largest absolute Gasteiger partial charge is 0.310 e. The normalized spacial score (nSPS) is 8.00. The van der Waals surface area contributed by atoms with Crippen LogP contribution in [0.2, 0.25) is 0 Å². The Morgan fingerprint density at radius 2 is 0.833 bits per heavy atom. The maximum atomic E-state index is 2.12. The van der Waals surface area contributed by atoms with Crippen molar-refractivity contribution in [3.63, 3.8) is 0 Å². The summed E-state index contributed by atoms with van der Waals surface area (Å²) in [7, 11) is 8.22. The van der Waals surface area contributed by atoms with Crippen LogP contribution in [-0.2, 0) is 0 Å². The number of nitrogens with zero attached hydrogens (tertiary/aromatic N) is 2. The van der Waals surface area contributed by atoms with Gasteiger partial charge in [0.1, 0.15) is 0 Å². The van der Waals surface area contributed by atoms with Gasteiger partial charge in [-0.2, -0.15) is 0 Å². The van der Waals surface area contributed by atoms with Crippen molar-refractivity contribution in [3.05, 3.63) is 0 Å². The minimum absolute atomic E-state index is 0. The molecule has 0 aliphatic rings. The summed E-state index contributed by atoms with van der Waals surface area (Å²) in [4.78, 5) is 4.25. The molecule has 0 aromatic rings. The van der Waals surface area contributed by atoms with Crippen LogP contribution in [0.4, 0.5) is 0 Å². The van der Waals surface area contributed by atoms with Crippen LogP contribution in [0.15, 0.2) is 0 Å². The van der Waals surface area contributed by atoms with E-state index in [9.17, 15) is 0 Å². The Kier molecular flexibility index (Phi) is 33.9. The molecule has 0 aliphatic heterocycles. The lowest BCUT2D eigenvalue weighted by Crippen LogP contribution is -2.08. The van der Waals surface area contributed by atoms with Gasteiger partial charge in [0.2, 0.25) is 0 Å². The summed E-state index contributed by atoms with van der Waals surface area (Å²) < 4.78 is 0. The van der Waals surface area contributed by atoms with Crippen LogP contribution in [0, 0.1) is 0 Å². The first-order valence-electron chi connectivity index (χ1n) is 3.84. The number of hydrogen-bond donors (Lipinski definition) is 0. The molecule has 0 bridgehead atoms. The van der Waals surface area contributed by atoms with Gasteiger partial charge in [0.05, 0.1) is 0 Å². The van der Waals surface area contributed by atoms with E-state index in [1.54, 1.807) is 0 Å². The molecule has 0 N–H and O–H groups in total. The van der Waals surface area contributed by atoms with Gasteiger partial charge in [-0.05, 0) is 41.3 Å². The minimum Gasteiger partial charge on any atom is -0.310 e. The zero-order chi connectivity index (χ0) is 8.57. The summed E-state index contributed by atoms with van der Waals surface area (Å²) >= 11 is 0. The molecule has 0 saturated heterocycles. The maximum absolute atomic E-state index is 2.12. The molecule has 0 rings (SSSR count).